The molecule has 0 bridgehead atoms. The average molecular weight is 239 g/mol. The number of amides is 1. The molecule has 1 aliphatic heterocycles. The molecule has 1 saturated heterocycles. The highest BCUT2D eigenvalue weighted by atomic mass is 16.6. The molecule has 0 radical (unpaired) electrons. The number of rotatable bonds is 0. The lowest BCUT2D eigenvalue weighted by Gasteiger charge is -2.26. The number of hydrogen-bond acceptors (Lipinski definition) is 3. The van der Waals surface area contributed by atoms with Gasteiger partial charge in [-0.05, 0) is 39.0 Å². The summed E-state index contributed by atoms with van der Waals surface area (Å²) in [4.78, 5) is 25.0. The molecule has 0 aromatic rings. The Morgan fingerprint density at radius 3 is 2.59 bits per heavy atom. The maximum absolute atomic E-state index is 11.9. The van der Waals surface area contributed by atoms with Crippen molar-refractivity contribution in [2.24, 2.45) is 5.41 Å². The lowest BCUT2D eigenvalue weighted by Crippen LogP contribution is -2.36. The summed E-state index contributed by atoms with van der Waals surface area (Å²) < 4.78 is 5.35. The minimum absolute atomic E-state index is 0.0635. The molecule has 2 fully saturated rings. The van der Waals surface area contributed by atoms with Gasteiger partial charge in [-0.2, -0.15) is 0 Å². The second-order valence-corrected chi connectivity index (χ2v) is 6.37. The number of nitrogens with zero attached hydrogens (tertiary/aromatic N) is 1. The highest BCUT2D eigenvalue weighted by Crippen LogP contribution is 2.43. The zero-order valence-corrected chi connectivity index (χ0v) is 10.9. The first-order chi connectivity index (χ1) is 7.80. The molecule has 2 rings (SSSR count). The van der Waals surface area contributed by atoms with E-state index in [1.165, 1.54) is 0 Å². The Morgan fingerprint density at radius 1 is 1.35 bits per heavy atom. The van der Waals surface area contributed by atoms with E-state index in [9.17, 15) is 9.59 Å². The number of likely N-dealkylation sites (tertiary alicyclic amines) is 1. The minimum Gasteiger partial charge on any atom is -0.444 e. The second-order valence-electron chi connectivity index (χ2n) is 6.37. The molecule has 0 unspecified atom stereocenters. The molecule has 1 spiro atoms. The van der Waals surface area contributed by atoms with Crippen molar-refractivity contribution in [3.63, 3.8) is 0 Å². The van der Waals surface area contributed by atoms with Crippen molar-refractivity contribution >= 4 is 11.9 Å². The standard InChI is InChI=1S/C13H21NO3/c1-12(2,3)17-11(16)14-7-6-13(9-14)5-4-10(15)8-13/h4-9H2,1-3H3/t13-/m1/s1. The normalized spacial score (nSPS) is 29.1. The summed E-state index contributed by atoms with van der Waals surface area (Å²) in [6.45, 7) is 7.03. The Labute approximate surface area is 102 Å². The third-order valence-corrected chi connectivity index (χ3v) is 3.60. The molecule has 1 atom stereocenters. The van der Waals surface area contributed by atoms with Crippen LogP contribution < -0.4 is 0 Å². The van der Waals surface area contributed by atoms with Gasteiger partial charge in [0.05, 0.1) is 0 Å². The number of ether oxygens (including phenoxy) is 1. The summed E-state index contributed by atoms with van der Waals surface area (Å²) in [6.07, 6.45) is 2.96. The van der Waals surface area contributed by atoms with Crippen LogP contribution in [0.5, 0.6) is 0 Å². The highest BCUT2D eigenvalue weighted by Gasteiger charge is 2.45. The van der Waals surface area contributed by atoms with E-state index in [1.54, 1.807) is 4.90 Å². The topological polar surface area (TPSA) is 46.6 Å². The van der Waals surface area contributed by atoms with Gasteiger partial charge in [-0.15, -0.1) is 0 Å². The fourth-order valence-electron chi connectivity index (χ4n) is 2.77. The van der Waals surface area contributed by atoms with Crippen molar-refractivity contribution in [2.75, 3.05) is 13.1 Å². The third-order valence-electron chi connectivity index (χ3n) is 3.60. The van der Waals surface area contributed by atoms with Gasteiger partial charge in [0.15, 0.2) is 0 Å². The van der Waals surface area contributed by atoms with Crippen LogP contribution in [0.2, 0.25) is 0 Å². The van der Waals surface area contributed by atoms with Gasteiger partial charge in [0.2, 0.25) is 0 Å². The van der Waals surface area contributed by atoms with Crippen molar-refractivity contribution in [3.8, 4) is 0 Å². The van der Waals surface area contributed by atoms with Crippen LogP contribution in [-0.4, -0.2) is 35.5 Å². The molecule has 4 heteroatoms. The Bertz CT molecular complexity index is 345. The number of carbonyl (C=O) groups excluding carboxylic acids is 2. The number of Topliss-reactive ketones (excluding diaryl/α,β-unsaturated/α-hetero) is 1. The van der Waals surface area contributed by atoms with Gasteiger partial charge in [-0.1, -0.05) is 0 Å². The molecular weight excluding hydrogens is 218 g/mol. The van der Waals surface area contributed by atoms with E-state index in [2.05, 4.69) is 0 Å². The van der Waals surface area contributed by atoms with Crippen molar-refractivity contribution < 1.29 is 14.3 Å². The predicted octanol–water partition coefficient (Wildman–Crippen LogP) is 2.37. The van der Waals surface area contributed by atoms with E-state index in [4.69, 9.17) is 4.74 Å². The lowest BCUT2D eigenvalue weighted by molar-refractivity contribution is -0.118. The van der Waals surface area contributed by atoms with Crippen molar-refractivity contribution in [3.05, 3.63) is 0 Å². The van der Waals surface area contributed by atoms with E-state index in [-0.39, 0.29) is 11.5 Å². The Morgan fingerprint density at radius 2 is 2.06 bits per heavy atom. The predicted molar refractivity (Wildman–Crippen MR) is 63.7 cm³/mol. The molecule has 1 saturated carbocycles. The van der Waals surface area contributed by atoms with Crippen LogP contribution >= 0.6 is 0 Å². The van der Waals surface area contributed by atoms with Gasteiger partial charge in [0.25, 0.3) is 0 Å². The third kappa shape index (κ3) is 2.79. The SMILES string of the molecule is CC(C)(C)OC(=O)N1CC[C@@]2(CCC(=O)C2)C1. The van der Waals surface area contributed by atoms with Gasteiger partial charge in [0, 0.05) is 25.9 Å². The van der Waals surface area contributed by atoms with Gasteiger partial charge < -0.3 is 9.64 Å². The van der Waals surface area contributed by atoms with E-state index in [0.717, 1.165) is 19.4 Å². The quantitative estimate of drug-likeness (QED) is 0.652. The summed E-state index contributed by atoms with van der Waals surface area (Å²) in [5.41, 5.74) is -0.383. The zero-order valence-electron chi connectivity index (χ0n) is 10.9. The summed E-state index contributed by atoms with van der Waals surface area (Å²) in [5.74, 6) is 0.344. The number of carbonyl (C=O) groups is 2. The summed E-state index contributed by atoms with van der Waals surface area (Å²) >= 11 is 0. The van der Waals surface area contributed by atoms with Gasteiger partial charge in [-0.25, -0.2) is 4.79 Å². The first-order valence-corrected chi connectivity index (χ1v) is 6.29. The molecule has 1 amide bonds. The minimum atomic E-state index is -0.446. The van der Waals surface area contributed by atoms with Crippen molar-refractivity contribution in [1.82, 2.24) is 4.90 Å². The van der Waals surface area contributed by atoms with Crippen LogP contribution in [0.25, 0.3) is 0 Å². The van der Waals surface area contributed by atoms with E-state index < -0.39 is 5.60 Å². The molecular formula is C13H21NO3. The average Bonchev–Trinajstić information content (AvgIpc) is 2.72. The molecule has 1 heterocycles. The van der Waals surface area contributed by atoms with Gasteiger partial charge in [0.1, 0.15) is 11.4 Å². The van der Waals surface area contributed by atoms with Crippen LogP contribution in [0.3, 0.4) is 0 Å². The van der Waals surface area contributed by atoms with Crippen LogP contribution in [-0.2, 0) is 9.53 Å². The van der Waals surface area contributed by atoms with E-state index in [1.807, 2.05) is 20.8 Å². The molecule has 1 aliphatic carbocycles. The molecule has 96 valence electrons. The van der Waals surface area contributed by atoms with Crippen molar-refractivity contribution in [1.29, 1.82) is 0 Å². The second kappa shape index (κ2) is 4.00. The van der Waals surface area contributed by atoms with Gasteiger partial charge in [-0.3, -0.25) is 4.79 Å². The lowest BCUT2D eigenvalue weighted by atomic mass is 9.86. The maximum atomic E-state index is 11.9. The van der Waals surface area contributed by atoms with Gasteiger partial charge >= 0.3 is 6.09 Å². The molecule has 0 aromatic heterocycles. The Kier molecular flexibility index (Phi) is 2.92. The summed E-state index contributed by atoms with van der Waals surface area (Å²) in [7, 11) is 0. The van der Waals surface area contributed by atoms with E-state index in [0.29, 0.717) is 25.2 Å². The molecule has 0 aromatic carbocycles. The molecule has 4 nitrogen and oxygen atoms in total. The van der Waals surface area contributed by atoms with E-state index >= 15 is 0 Å². The number of hydrogen-bond donors (Lipinski definition) is 0. The maximum Gasteiger partial charge on any atom is 0.410 e. The first-order valence-electron chi connectivity index (χ1n) is 6.29. The zero-order chi connectivity index (χ0) is 12.7. The molecule has 0 N–H and O–H groups in total. The van der Waals surface area contributed by atoms with Crippen LogP contribution in [0.4, 0.5) is 4.79 Å². The number of ketones is 1. The van der Waals surface area contributed by atoms with Crippen LogP contribution in [0.1, 0.15) is 46.5 Å². The summed E-state index contributed by atoms with van der Waals surface area (Å²) in [5, 5.41) is 0. The fraction of sp³-hybridized carbons (Fsp3) is 0.846. The highest BCUT2D eigenvalue weighted by molar-refractivity contribution is 5.82. The Balaban J connectivity index is 1.94. The Hall–Kier alpha value is -1.06. The largest absolute Gasteiger partial charge is 0.444 e. The van der Waals surface area contributed by atoms with Crippen LogP contribution in [0.15, 0.2) is 0 Å². The molecule has 2 aliphatic rings. The van der Waals surface area contributed by atoms with Crippen molar-refractivity contribution in [2.45, 2.75) is 52.1 Å². The smallest absolute Gasteiger partial charge is 0.410 e. The monoisotopic (exact) mass is 239 g/mol. The summed E-state index contributed by atoms with van der Waals surface area (Å²) in [6, 6.07) is 0. The van der Waals surface area contributed by atoms with Crippen LogP contribution in [0, 0.1) is 5.41 Å². The first kappa shape index (κ1) is 12.4. The molecule has 17 heavy (non-hydrogen) atoms. The fourth-order valence-corrected chi connectivity index (χ4v) is 2.77.